The predicted octanol–water partition coefficient (Wildman–Crippen LogP) is 2.20. The van der Waals surface area contributed by atoms with Gasteiger partial charge in [0.25, 0.3) is 0 Å². The highest BCUT2D eigenvalue weighted by atomic mass is 79.9. The fourth-order valence-corrected chi connectivity index (χ4v) is 2.88. The van der Waals surface area contributed by atoms with Gasteiger partial charge in [-0.25, -0.2) is 4.39 Å². The summed E-state index contributed by atoms with van der Waals surface area (Å²) in [4.78, 5) is 14.1. The molecule has 0 bridgehead atoms. The molecule has 0 radical (unpaired) electrons. The second-order valence-corrected chi connectivity index (χ2v) is 5.83. The molecule has 2 rings (SSSR count). The standard InChI is InChI=1S/C14H18BrFN2O/c1-17-8-11-4-5-18(9-11)14(19)7-10-2-3-13(16)12(15)6-10/h2-3,6,11,17H,4-5,7-9H2,1H3/t11-/m0/s1. The Morgan fingerprint density at radius 1 is 1.58 bits per heavy atom. The van der Waals surface area contributed by atoms with Crippen LogP contribution < -0.4 is 5.32 Å². The minimum absolute atomic E-state index is 0.122. The Balaban J connectivity index is 1.92. The highest BCUT2D eigenvalue weighted by Crippen LogP contribution is 2.20. The van der Waals surface area contributed by atoms with Crippen LogP contribution in [-0.2, 0) is 11.2 Å². The van der Waals surface area contributed by atoms with E-state index in [4.69, 9.17) is 0 Å². The average molecular weight is 329 g/mol. The Kier molecular flexibility index (Phi) is 4.93. The van der Waals surface area contributed by atoms with Gasteiger partial charge in [-0.15, -0.1) is 0 Å². The van der Waals surface area contributed by atoms with Gasteiger partial charge < -0.3 is 10.2 Å². The maximum Gasteiger partial charge on any atom is 0.227 e. The van der Waals surface area contributed by atoms with E-state index in [1.165, 1.54) is 6.07 Å². The molecule has 0 spiro atoms. The smallest absolute Gasteiger partial charge is 0.227 e. The molecule has 19 heavy (non-hydrogen) atoms. The van der Waals surface area contributed by atoms with Crippen molar-refractivity contribution in [2.75, 3.05) is 26.7 Å². The molecule has 1 aromatic rings. The summed E-state index contributed by atoms with van der Waals surface area (Å²) >= 11 is 3.14. The van der Waals surface area contributed by atoms with E-state index in [-0.39, 0.29) is 11.7 Å². The summed E-state index contributed by atoms with van der Waals surface area (Å²) in [5.74, 6) is 0.373. The number of amides is 1. The molecule has 0 saturated carbocycles. The molecule has 5 heteroatoms. The number of hydrogen-bond donors (Lipinski definition) is 1. The molecule has 0 unspecified atom stereocenters. The topological polar surface area (TPSA) is 32.3 Å². The van der Waals surface area contributed by atoms with Gasteiger partial charge in [0.15, 0.2) is 0 Å². The van der Waals surface area contributed by atoms with Crippen LogP contribution in [0.3, 0.4) is 0 Å². The minimum Gasteiger partial charge on any atom is -0.342 e. The van der Waals surface area contributed by atoms with E-state index in [1.807, 2.05) is 11.9 Å². The van der Waals surface area contributed by atoms with Crippen molar-refractivity contribution >= 4 is 21.8 Å². The van der Waals surface area contributed by atoms with E-state index in [2.05, 4.69) is 21.2 Å². The van der Waals surface area contributed by atoms with Crippen LogP contribution in [0.25, 0.3) is 0 Å². The lowest BCUT2D eigenvalue weighted by atomic mass is 10.1. The van der Waals surface area contributed by atoms with E-state index in [9.17, 15) is 9.18 Å². The molecule has 1 amide bonds. The first-order valence-electron chi connectivity index (χ1n) is 6.46. The molecule has 0 aromatic heterocycles. The molecule has 0 aliphatic carbocycles. The minimum atomic E-state index is -0.300. The summed E-state index contributed by atoms with van der Waals surface area (Å²) in [7, 11) is 1.93. The largest absolute Gasteiger partial charge is 0.342 e. The van der Waals surface area contributed by atoms with Crippen molar-refractivity contribution in [2.24, 2.45) is 5.92 Å². The van der Waals surface area contributed by atoms with Crippen LogP contribution in [0.2, 0.25) is 0 Å². The van der Waals surface area contributed by atoms with Crippen LogP contribution in [0, 0.1) is 11.7 Å². The quantitative estimate of drug-likeness (QED) is 0.919. The molecule has 1 heterocycles. The van der Waals surface area contributed by atoms with Crippen LogP contribution in [0.5, 0.6) is 0 Å². The van der Waals surface area contributed by atoms with Crippen LogP contribution in [0.15, 0.2) is 22.7 Å². The summed E-state index contributed by atoms with van der Waals surface area (Å²) in [5.41, 5.74) is 0.843. The van der Waals surface area contributed by atoms with Crippen LogP contribution in [-0.4, -0.2) is 37.5 Å². The van der Waals surface area contributed by atoms with Gasteiger partial charge in [-0.1, -0.05) is 6.07 Å². The first-order valence-corrected chi connectivity index (χ1v) is 7.25. The Labute approximate surface area is 121 Å². The van der Waals surface area contributed by atoms with Gasteiger partial charge in [-0.3, -0.25) is 4.79 Å². The zero-order valence-electron chi connectivity index (χ0n) is 11.0. The molecule has 1 atom stereocenters. The van der Waals surface area contributed by atoms with E-state index in [0.717, 1.165) is 31.6 Å². The zero-order chi connectivity index (χ0) is 13.8. The lowest BCUT2D eigenvalue weighted by Gasteiger charge is -2.16. The third-order valence-corrected chi connectivity index (χ3v) is 4.08. The van der Waals surface area contributed by atoms with Crippen molar-refractivity contribution in [2.45, 2.75) is 12.8 Å². The maximum atomic E-state index is 13.1. The van der Waals surface area contributed by atoms with Gasteiger partial charge >= 0.3 is 0 Å². The normalized spacial score (nSPS) is 18.9. The Bertz CT molecular complexity index is 467. The number of nitrogens with zero attached hydrogens (tertiary/aromatic N) is 1. The molecule has 1 aromatic carbocycles. The van der Waals surface area contributed by atoms with Gasteiger partial charge in [0, 0.05) is 13.1 Å². The Hall–Kier alpha value is -0.940. The fraction of sp³-hybridized carbons (Fsp3) is 0.500. The predicted molar refractivity (Wildman–Crippen MR) is 76.4 cm³/mol. The lowest BCUT2D eigenvalue weighted by Crippen LogP contribution is -2.31. The second-order valence-electron chi connectivity index (χ2n) is 4.98. The number of nitrogens with one attached hydrogen (secondary N) is 1. The summed E-state index contributed by atoms with van der Waals surface area (Å²) in [6, 6.07) is 4.73. The van der Waals surface area contributed by atoms with Crippen LogP contribution in [0.4, 0.5) is 4.39 Å². The molecule has 1 aliphatic heterocycles. The number of likely N-dealkylation sites (tertiary alicyclic amines) is 1. The first-order chi connectivity index (χ1) is 9.10. The van der Waals surface area contributed by atoms with Crippen molar-refractivity contribution in [3.8, 4) is 0 Å². The Morgan fingerprint density at radius 3 is 3.05 bits per heavy atom. The third kappa shape index (κ3) is 3.76. The summed E-state index contributed by atoms with van der Waals surface area (Å²) in [5, 5.41) is 3.15. The number of rotatable bonds is 4. The molecular formula is C14H18BrFN2O. The Morgan fingerprint density at radius 2 is 2.37 bits per heavy atom. The highest BCUT2D eigenvalue weighted by molar-refractivity contribution is 9.10. The molecular weight excluding hydrogens is 311 g/mol. The third-order valence-electron chi connectivity index (χ3n) is 3.47. The fourth-order valence-electron chi connectivity index (χ4n) is 2.45. The highest BCUT2D eigenvalue weighted by Gasteiger charge is 2.25. The second kappa shape index (κ2) is 6.48. The summed E-state index contributed by atoms with van der Waals surface area (Å²) < 4.78 is 13.5. The van der Waals surface area contributed by atoms with E-state index in [1.54, 1.807) is 12.1 Å². The van der Waals surface area contributed by atoms with Gasteiger partial charge in [0.2, 0.25) is 5.91 Å². The van der Waals surface area contributed by atoms with Gasteiger partial charge in [-0.2, -0.15) is 0 Å². The maximum absolute atomic E-state index is 13.1. The van der Waals surface area contributed by atoms with Crippen molar-refractivity contribution < 1.29 is 9.18 Å². The molecule has 1 aliphatic rings. The van der Waals surface area contributed by atoms with E-state index >= 15 is 0 Å². The number of hydrogen-bond acceptors (Lipinski definition) is 2. The van der Waals surface area contributed by atoms with Crippen molar-refractivity contribution in [3.05, 3.63) is 34.1 Å². The number of benzene rings is 1. The number of carbonyl (C=O) groups excluding carboxylic acids is 1. The van der Waals surface area contributed by atoms with Crippen molar-refractivity contribution in [1.82, 2.24) is 10.2 Å². The molecule has 1 N–H and O–H groups in total. The zero-order valence-corrected chi connectivity index (χ0v) is 12.5. The number of carbonyl (C=O) groups is 1. The van der Waals surface area contributed by atoms with Crippen molar-refractivity contribution in [3.63, 3.8) is 0 Å². The van der Waals surface area contributed by atoms with Gasteiger partial charge in [0.05, 0.1) is 10.9 Å². The van der Waals surface area contributed by atoms with E-state index < -0.39 is 0 Å². The molecule has 1 fully saturated rings. The summed E-state index contributed by atoms with van der Waals surface area (Å²) in [6.07, 6.45) is 1.39. The van der Waals surface area contributed by atoms with Gasteiger partial charge in [0.1, 0.15) is 5.82 Å². The van der Waals surface area contributed by atoms with Crippen LogP contribution >= 0.6 is 15.9 Å². The summed E-state index contributed by atoms with van der Waals surface area (Å²) in [6.45, 7) is 2.60. The monoisotopic (exact) mass is 328 g/mol. The molecule has 1 saturated heterocycles. The molecule has 3 nitrogen and oxygen atoms in total. The van der Waals surface area contributed by atoms with Crippen LogP contribution in [0.1, 0.15) is 12.0 Å². The first kappa shape index (κ1) is 14.5. The number of halogens is 2. The average Bonchev–Trinajstić information content (AvgIpc) is 2.83. The van der Waals surface area contributed by atoms with E-state index in [0.29, 0.717) is 16.8 Å². The lowest BCUT2D eigenvalue weighted by molar-refractivity contribution is -0.129. The van der Waals surface area contributed by atoms with Crippen molar-refractivity contribution in [1.29, 1.82) is 0 Å². The molecule has 104 valence electrons. The SMILES string of the molecule is CNC[C@@H]1CCN(C(=O)Cc2ccc(F)c(Br)c2)C1. The van der Waals surface area contributed by atoms with Gasteiger partial charge in [-0.05, 0) is 59.6 Å².